The molecule has 3 nitrogen and oxygen atoms in total. The third-order valence-electron chi connectivity index (χ3n) is 2.54. The molecule has 0 spiro atoms. The van der Waals surface area contributed by atoms with E-state index in [1.165, 1.54) is 0 Å². The molecule has 3 heteroatoms. The Labute approximate surface area is 73.8 Å². The van der Waals surface area contributed by atoms with Crippen molar-refractivity contribution in [2.45, 2.75) is 50.8 Å². The van der Waals surface area contributed by atoms with E-state index >= 15 is 0 Å². The fourth-order valence-electron chi connectivity index (χ4n) is 1.78. The molecule has 12 heavy (non-hydrogen) atoms. The molecule has 0 amide bonds. The Hall–Kier alpha value is -0.120. The molecule has 0 heterocycles. The van der Waals surface area contributed by atoms with Crippen LogP contribution in [-0.2, 0) is 0 Å². The van der Waals surface area contributed by atoms with E-state index in [0.717, 1.165) is 25.7 Å². The molecule has 1 rings (SSSR count). The normalized spacial score (nSPS) is 32.2. The lowest BCUT2D eigenvalue weighted by Crippen LogP contribution is -2.41. The molecule has 0 aliphatic heterocycles. The highest BCUT2D eigenvalue weighted by Gasteiger charge is 2.25. The van der Waals surface area contributed by atoms with Crippen LogP contribution in [0.4, 0.5) is 0 Å². The molecule has 3 atom stereocenters. The first-order valence-electron chi connectivity index (χ1n) is 4.79. The molecule has 0 aromatic heterocycles. The third-order valence-corrected chi connectivity index (χ3v) is 2.54. The first-order chi connectivity index (χ1) is 5.74. The Balaban J connectivity index is 2.20. The monoisotopic (exact) mass is 173 g/mol. The van der Waals surface area contributed by atoms with Crippen molar-refractivity contribution in [2.75, 3.05) is 6.61 Å². The second kappa shape index (κ2) is 4.80. The van der Waals surface area contributed by atoms with Gasteiger partial charge in [-0.3, -0.25) is 0 Å². The van der Waals surface area contributed by atoms with E-state index in [1.54, 1.807) is 0 Å². The molecule has 0 bridgehead atoms. The van der Waals surface area contributed by atoms with Gasteiger partial charge in [-0.25, -0.2) is 0 Å². The van der Waals surface area contributed by atoms with Crippen LogP contribution in [0.25, 0.3) is 0 Å². The molecule has 3 N–H and O–H groups in total. The van der Waals surface area contributed by atoms with E-state index in [9.17, 15) is 5.11 Å². The van der Waals surface area contributed by atoms with E-state index in [2.05, 4.69) is 5.32 Å². The Morgan fingerprint density at radius 1 is 1.50 bits per heavy atom. The molecule has 0 aromatic carbocycles. The van der Waals surface area contributed by atoms with Crippen LogP contribution >= 0.6 is 0 Å². The van der Waals surface area contributed by atoms with Gasteiger partial charge in [0.1, 0.15) is 0 Å². The average Bonchev–Trinajstić information content (AvgIpc) is 2.37. The molecular formula is C9H19NO2. The largest absolute Gasteiger partial charge is 0.396 e. The maximum atomic E-state index is 9.48. The van der Waals surface area contributed by atoms with E-state index in [4.69, 9.17) is 5.11 Å². The van der Waals surface area contributed by atoms with E-state index in [1.807, 2.05) is 6.92 Å². The third kappa shape index (κ3) is 2.73. The van der Waals surface area contributed by atoms with Crippen LogP contribution in [0.5, 0.6) is 0 Å². The summed E-state index contributed by atoms with van der Waals surface area (Å²) in [7, 11) is 0. The number of rotatable bonds is 4. The molecular weight excluding hydrogens is 154 g/mol. The zero-order chi connectivity index (χ0) is 8.97. The molecule has 0 aromatic rings. The Morgan fingerprint density at radius 2 is 2.25 bits per heavy atom. The van der Waals surface area contributed by atoms with Crippen molar-refractivity contribution in [3.05, 3.63) is 0 Å². The summed E-state index contributed by atoms with van der Waals surface area (Å²) in [6.45, 7) is 2.26. The molecule has 1 aliphatic rings. The summed E-state index contributed by atoms with van der Waals surface area (Å²) in [5.41, 5.74) is 0. The summed E-state index contributed by atoms with van der Waals surface area (Å²) in [6, 6.07) is 0.569. The van der Waals surface area contributed by atoms with Crippen molar-refractivity contribution >= 4 is 0 Å². The predicted octanol–water partition coefficient (Wildman–Crippen LogP) is 0.260. The maximum absolute atomic E-state index is 9.48. The minimum atomic E-state index is -0.175. The summed E-state index contributed by atoms with van der Waals surface area (Å²) in [5, 5.41) is 21.5. The number of aliphatic hydroxyl groups excluding tert-OH is 2. The lowest BCUT2D eigenvalue weighted by atomic mass is 10.1. The van der Waals surface area contributed by atoms with Gasteiger partial charge in [-0.1, -0.05) is 0 Å². The molecule has 72 valence electrons. The highest BCUT2D eigenvalue weighted by Crippen LogP contribution is 2.19. The van der Waals surface area contributed by atoms with Gasteiger partial charge in [0.2, 0.25) is 0 Å². The SMILES string of the molecule is CC(CCO)N[C@@H]1CCC[C@H]1O. The predicted molar refractivity (Wildman–Crippen MR) is 47.9 cm³/mol. The summed E-state index contributed by atoms with van der Waals surface area (Å²) in [4.78, 5) is 0. The van der Waals surface area contributed by atoms with Gasteiger partial charge in [0.25, 0.3) is 0 Å². The topological polar surface area (TPSA) is 52.5 Å². The molecule has 1 saturated carbocycles. The number of aliphatic hydroxyl groups is 2. The second-order valence-corrected chi connectivity index (χ2v) is 3.68. The number of nitrogens with one attached hydrogen (secondary N) is 1. The molecule has 1 unspecified atom stereocenters. The van der Waals surface area contributed by atoms with Gasteiger partial charge >= 0.3 is 0 Å². The van der Waals surface area contributed by atoms with Crippen molar-refractivity contribution < 1.29 is 10.2 Å². The molecule has 0 radical (unpaired) electrons. The van der Waals surface area contributed by atoms with Crippen molar-refractivity contribution in [3.8, 4) is 0 Å². The van der Waals surface area contributed by atoms with Crippen molar-refractivity contribution in [2.24, 2.45) is 0 Å². The van der Waals surface area contributed by atoms with Crippen LogP contribution < -0.4 is 5.32 Å². The average molecular weight is 173 g/mol. The van der Waals surface area contributed by atoms with Crippen LogP contribution in [0.15, 0.2) is 0 Å². The van der Waals surface area contributed by atoms with Crippen molar-refractivity contribution in [1.29, 1.82) is 0 Å². The van der Waals surface area contributed by atoms with Gasteiger partial charge in [0, 0.05) is 18.7 Å². The number of hydrogen-bond donors (Lipinski definition) is 3. The summed E-state index contributed by atoms with van der Waals surface area (Å²) < 4.78 is 0. The first kappa shape index (κ1) is 9.96. The Kier molecular flexibility index (Phi) is 3.98. The lowest BCUT2D eigenvalue weighted by Gasteiger charge is -2.21. The fraction of sp³-hybridized carbons (Fsp3) is 1.00. The molecule has 1 fully saturated rings. The zero-order valence-electron chi connectivity index (χ0n) is 7.66. The number of hydrogen-bond acceptors (Lipinski definition) is 3. The van der Waals surface area contributed by atoms with Gasteiger partial charge in [-0.05, 0) is 32.6 Å². The van der Waals surface area contributed by atoms with Crippen molar-refractivity contribution in [3.63, 3.8) is 0 Å². The van der Waals surface area contributed by atoms with Gasteiger partial charge in [-0.2, -0.15) is 0 Å². The van der Waals surface area contributed by atoms with Gasteiger partial charge in [0.15, 0.2) is 0 Å². The van der Waals surface area contributed by atoms with Crippen LogP contribution in [0.3, 0.4) is 0 Å². The van der Waals surface area contributed by atoms with Crippen molar-refractivity contribution in [1.82, 2.24) is 5.32 Å². The lowest BCUT2D eigenvalue weighted by molar-refractivity contribution is 0.140. The maximum Gasteiger partial charge on any atom is 0.0693 e. The summed E-state index contributed by atoms with van der Waals surface area (Å²) in [6.07, 6.45) is 3.69. The minimum absolute atomic E-state index is 0.175. The first-order valence-corrected chi connectivity index (χ1v) is 4.79. The fourth-order valence-corrected chi connectivity index (χ4v) is 1.78. The highest BCUT2D eigenvalue weighted by atomic mass is 16.3. The van der Waals surface area contributed by atoms with Gasteiger partial charge in [0.05, 0.1) is 6.10 Å². The molecule has 0 saturated heterocycles. The van der Waals surface area contributed by atoms with E-state index < -0.39 is 0 Å². The molecule has 1 aliphatic carbocycles. The quantitative estimate of drug-likeness (QED) is 0.571. The smallest absolute Gasteiger partial charge is 0.0693 e. The Morgan fingerprint density at radius 3 is 2.75 bits per heavy atom. The van der Waals surface area contributed by atoms with Crippen LogP contribution in [0, 0.1) is 0 Å². The van der Waals surface area contributed by atoms with E-state index in [0.29, 0.717) is 6.04 Å². The van der Waals surface area contributed by atoms with E-state index in [-0.39, 0.29) is 18.8 Å². The van der Waals surface area contributed by atoms with Gasteiger partial charge in [-0.15, -0.1) is 0 Å². The Bertz CT molecular complexity index is 130. The zero-order valence-corrected chi connectivity index (χ0v) is 7.66. The van der Waals surface area contributed by atoms with Gasteiger partial charge < -0.3 is 15.5 Å². The van der Waals surface area contributed by atoms with Crippen LogP contribution in [0.2, 0.25) is 0 Å². The minimum Gasteiger partial charge on any atom is -0.396 e. The highest BCUT2D eigenvalue weighted by molar-refractivity contribution is 4.84. The van der Waals surface area contributed by atoms with Crippen LogP contribution in [0.1, 0.15) is 32.6 Å². The summed E-state index contributed by atoms with van der Waals surface area (Å²) in [5.74, 6) is 0. The van der Waals surface area contributed by atoms with Crippen LogP contribution in [-0.4, -0.2) is 35.0 Å². The summed E-state index contributed by atoms with van der Waals surface area (Å²) >= 11 is 0. The second-order valence-electron chi connectivity index (χ2n) is 3.68. The standard InChI is InChI=1S/C9H19NO2/c1-7(5-6-11)10-8-3-2-4-9(8)12/h7-12H,2-6H2,1H3/t7?,8-,9-/m1/s1.